The molecule has 138 valence electrons. The summed E-state index contributed by atoms with van der Waals surface area (Å²) in [6, 6.07) is 9.77. The third kappa shape index (κ3) is 4.50. The zero-order valence-electron chi connectivity index (χ0n) is 14.1. The quantitative estimate of drug-likeness (QED) is 0.894. The lowest BCUT2D eigenvalue weighted by molar-refractivity contribution is -0.167. The molecule has 0 spiro atoms. The van der Waals surface area contributed by atoms with Crippen LogP contribution in [0.15, 0.2) is 36.4 Å². The highest BCUT2D eigenvalue weighted by molar-refractivity contribution is 5.95. The smallest absolute Gasteiger partial charge is 0.355 e. The number of alkyl halides is 3. The Morgan fingerprint density at radius 3 is 2.35 bits per heavy atom. The van der Waals surface area contributed by atoms with E-state index in [1.165, 1.54) is 25.0 Å². The molecule has 0 unspecified atom stereocenters. The van der Waals surface area contributed by atoms with E-state index >= 15 is 0 Å². The minimum absolute atomic E-state index is 0.0585. The first-order chi connectivity index (χ1) is 12.4. The SMILES string of the molecule is O=C(Nc1cccc(-c2ccc(N3CCCCCC3)nn2)c1)C(F)(F)F. The summed E-state index contributed by atoms with van der Waals surface area (Å²) in [7, 11) is 0. The molecule has 1 aliphatic heterocycles. The number of nitrogens with zero attached hydrogens (tertiary/aromatic N) is 3. The first-order valence-corrected chi connectivity index (χ1v) is 8.51. The Kier molecular flexibility index (Phi) is 5.39. The van der Waals surface area contributed by atoms with E-state index < -0.39 is 12.1 Å². The number of rotatable bonds is 3. The number of benzene rings is 1. The second-order valence-electron chi connectivity index (χ2n) is 6.21. The number of halogens is 3. The van der Waals surface area contributed by atoms with Gasteiger partial charge in [0.25, 0.3) is 0 Å². The Labute approximate surface area is 149 Å². The van der Waals surface area contributed by atoms with Gasteiger partial charge in [0.2, 0.25) is 0 Å². The molecule has 1 aromatic heterocycles. The maximum atomic E-state index is 12.4. The Morgan fingerprint density at radius 1 is 1.00 bits per heavy atom. The normalized spacial score (nSPS) is 15.4. The van der Waals surface area contributed by atoms with E-state index in [-0.39, 0.29) is 5.69 Å². The Balaban J connectivity index is 1.74. The Bertz CT molecular complexity index is 754. The average molecular weight is 364 g/mol. The molecule has 1 aliphatic rings. The van der Waals surface area contributed by atoms with Crippen molar-refractivity contribution >= 4 is 17.4 Å². The zero-order chi connectivity index (χ0) is 18.6. The molecule has 8 heteroatoms. The van der Waals surface area contributed by atoms with E-state index in [2.05, 4.69) is 15.1 Å². The maximum Gasteiger partial charge on any atom is 0.471 e. The molecule has 1 N–H and O–H groups in total. The molecular weight excluding hydrogens is 345 g/mol. The summed E-state index contributed by atoms with van der Waals surface area (Å²) in [5, 5.41) is 10.3. The summed E-state index contributed by atoms with van der Waals surface area (Å²) in [5.41, 5.74) is 1.18. The van der Waals surface area contributed by atoms with Crippen LogP contribution in [0.25, 0.3) is 11.3 Å². The number of anilines is 2. The molecule has 0 bridgehead atoms. The summed E-state index contributed by atoms with van der Waals surface area (Å²) in [6.07, 6.45) is -0.226. The van der Waals surface area contributed by atoms with Crippen LogP contribution in [0.4, 0.5) is 24.7 Å². The minimum atomic E-state index is -4.93. The van der Waals surface area contributed by atoms with E-state index in [1.54, 1.807) is 18.2 Å². The molecule has 3 rings (SSSR count). The van der Waals surface area contributed by atoms with E-state index in [1.807, 2.05) is 11.4 Å². The van der Waals surface area contributed by atoms with Crippen LogP contribution >= 0.6 is 0 Å². The van der Waals surface area contributed by atoms with Crippen molar-refractivity contribution in [2.45, 2.75) is 31.9 Å². The number of nitrogens with one attached hydrogen (secondary N) is 1. The second-order valence-corrected chi connectivity index (χ2v) is 6.21. The highest BCUT2D eigenvalue weighted by Crippen LogP contribution is 2.24. The minimum Gasteiger partial charge on any atom is -0.355 e. The number of hydrogen-bond acceptors (Lipinski definition) is 4. The molecule has 0 radical (unpaired) electrons. The molecule has 2 heterocycles. The number of hydrogen-bond donors (Lipinski definition) is 1. The fourth-order valence-corrected chi connectivity index (χ4v) is 2.91. The van der Waals surface area contributed by atoms with Crippen molar-refractivity contribution < 1.29 is 18.0 Å². The number of carbonyl (C=O) groups excluding carboxylic acids is 1. The van der Waals surface area contributed by atoms with Crippen LogP contribution in [0.5, 0.6) is 0 Å². The van der Waals surface area contributed by atoms with Crippen LogP contribution in [0.2, 0.25) is 0 Å². The second kappa shape index (κ2) is 7.72. The van der Waals surface area contributed by atoms with E-state index in [0.717, 1.165) is 31.7 Å². The first kappa shape index (κ1) is 18.2. The van der Waals surface area contributed by atoms with Crippen LogP contribution in [0.3, 0.4) is 0 Å². The highest BCUT2D eigenvalue weighted by atomic mass is 19.4. The van der Waals surface area contributed by atoms with Gasteiger partial charge in [-0.1, -0.05) is 25.0 Å². The number of amides is 1. The first-order valence-electron chi connectivity index (χ1n) is 8.51. The largest absolute Gasteiger partial charge is 0.471 e. The summed E-state index contributed by atoms with van der Waals surface area (Å²) >= 11 is 0. The van der Waals surface area contributed by atoms with Crippen molar-refractivity contribution in [1.29, 1.82) is 0 Å². The molecule has 2 aromatic rings. The number of carbonyl (C=O) groups is 1. The lowest BCUT2D eigenvalue weighted by Gasteiger charge is -2.20. The van der Waals surface area contributed by atoms with Crippen LogP contribution < -0.4 is 10.2 Å². The molecule has 0 saturated carbocycles. The van der Waals surface area contributed by atoms with Gasteiger partial charge in [-0.15, -0.1) is 10.2 Å². The molecule has 0 atom stereocenters. The lowest BCUT2D eigenvalue weighted by Crippen LogP contribution is -2.29. The standard InChI is InChI=1S/C18H19F3N4O/c19-18(20,21)17(26)22-14-7-5-6-13(12-14)15-8-9-16(24-23-15)25-10-3-1-2-4-11-25/h5-9,12H,1-4,10-11H2,(H,22,26). The summed E-state index contributed by atoms with van der Waals surface area (Å²) < 4.78 is 37.1. The lowest BCUT2D eigenvalue weighted by atomic mass is 10.1. The van der Waals surface area contributed by atoms with Crippen LogP contribution in [0.1, 0.15) is 25.7 Å². The van der Waals surface area contributed by atoms with Crippen molar-refractivity contribution in [1.82, 2.24) is 10.2 Å². The zero-order valence-corrected chi connectivity index (χ0v) is 14.1. The molecule has 1 fully saturated rings. The van der Waals surface area contributed by atoms with Gasteiger partial charge in [0.1, 0.15) is 0 Å². The molecule has 26 heavy (non-hydrogen) atoms. The van der Waals surface area contributed by atoms with Crippen molar-refractivity contribution in [3.05, 3.63) is 36.4 Å². The van der Waals surface area contributed by atoms with Crippen LogP contribution in [0, 0.1) is 0 Å². The molecule has 1 saturated heterocycles. The Morgan fingerprint density at radius 2 is 1.73 bits per heavy atom. The molecule has 1 amide bonds. The maximum absolute atomic E-state index is 12.4. The summed E-state index contributed by atoms with van der Waals surface area (Å²) in [5.74, 6) is -1.20. The average Bonchev–Trinajstić information content (AvgIpc) is 2.91. The molecule has 5 nitrogen and oxygen atoms in total. The van der Waals surface area contributed by atoms with Gasteiger partial charge in [0.05, 0.1) is 5.69 Å². The third-order valence-corrected chi connectivity index (χ3v) is 4.25. The topological polar surface area (TPSA) is 58.1 Å². The van der Waals surface area contributed by atoms with Gasteiger partial charge in [0, 0.05) is 24.3 Å². The van der Waals surface area contributed by atoms with E-state index in [9.17, 15) is 18.0 Å². The van der Waals surface area contributed by atoms with Gasteiger partial charge in [-0.25, -0.2) is 0 Å². The predicted molar refractivity (Wildman–Crippen MR) is 92.8 cm³/mol. The predicted octanol–water partition coefficient (Wildman–Crippen LogP) is 4.02. The van der Waals surface area contributed by atoms with E-state index in [4.69, 9.17) is 0 Å². The van der Waals surface area contributed by atoms with Gasteiger partial charge in [0.15, 0.2) is 5.82 Å². The fraction of sp³-hybridized carbons (Fsp3) is 0.389. The third-order valence-electron chi connectivity index (χ3n) is 4.25. The van der Waals surface area contributed by atoms with Crippen molar-refractivity contribution in [3.63, 3.8) is 0 Å². The fourth-order valence-electron chi connectivity index (χ4n) is 2.91. The monoisotopic (exact) mass is 364 g/mol. The van der Waals surface area contributed by atoms with E-state index in [0.29, 0.717) is 11.3 Å². The number of aromatic nitrogens is 2. The molecule has 0 aliphatic carbocycles. The molecule has 1 aromatic carbocycles. The van der Waals surface area contributed by atoms with Crippen molar-refractivity contribution in [2.24, 2.45) is 0 Å². The van der Waals surface area contributed by atoms with Gasteiger partial charge in [-0.3, -0.25) is 4.79 Å². The molecular formula is C18H19F3N4O. The van der Waals surface area contributed by atoms with Crippen LogP contribution in [-0.4, -0.2) is 35.4 Å². The highest BCUT2D eigenvalue weighted by Gasteiger charge is 2.38. The van der Waals surface area contributed by atoms with Gasteiger partial charge < -0.3 is 10.2 Å². The van der Waals surface area contributed by atoms with Gasteiger partial charge in [-0.05, 0) is 37.1 Å². The van der Waals surface area contributed by atoms with Gasteiger partial charge >= 0.3 is 12.1 Å². The van der Waals surface area contributed by atoms with Crippen LogP contribution in [-0.2, 0) is 4.79 Å². The van der Waals surface area contributed by atoms with Crippen molar-refractivity contribution in [3.8, 4) is 11.3 Å². The summed E-state index contributed by atoms with van der Waals surface area (Å²) in [4.78, 5) is 13.3. The van der Waals surface area contributed by atoms with Gasteiger partial charge in [-0.2, -0.15) is 13.2 Å². The Hall–Kier alpha value is -2.64. The van der Waals surface area contributed by atoms with Crippen molar-refractivity contribution in [2.75, 3.05) is 23.3 Å². The summed E-state index contributed by atoms with van der Waals surface area (Å²) in [6.45, 7) is 1.90.